The Morgan fingerprint density at radius 2 is 1.69 bits per heavy atom. The van der Waals surface area contributed by atoms with E-state index in [4.69, 9.17) is 21.1 Å². The number of amides is 1. The summed E-state index contributed by atoms with van der Waals surface area (Å²) in [7, 11) is -2.27. The number of benzene rings is 3. The molecule has 0 saturated carbocycles. The number of nitrogens with one attached hydrogen (secondary N) is 2. The quantitative estimate of drug-likeness (QED) is 0.486. The van der Waals surface area contributed by atoms with Gasteiger partial charge in [-0.15, -0.1) is 0 Å². The van der Waals surface area contributed by atoms with Crippen LogP contribution in [0, 0.1) is 6.92 Å². The molecule has 3 aromatic carbocycles. The smallest absolute Gasteiger partial charge is 0.265 e. The lowest BCUT2D eigenvalue weighted by molar-refractivity contribution is -0.122. The number of carbonyl (C=O) groups excluding carboxylic acids is 1. The lowest BCUT2D eigenvalue weighted by Crippen LogP contribution is -2.30. The van der Waals surface area contributed by atoms with E-state index in [0.717, 1.165) is 5.56 Å². The molecule has 0 aliphatic carbocycles. The van der Waals surface area contributed by atoms with Gasteiger partial charge >= 0.3 is 0 Å². The third-order valence-corrected chi connectivity index (χ3v) is 6.22. The molecular weight excluding hydrogens is 452 g/mol. The molecule has 0 spiro atoms. The second-order valence-electron chi connectivity index (χ2n) is 7.02. The molecule has 0 aliphatic rings. The number of halogens is 1. The monoisotopic (exact) mass is 474 g/mol. The van der Waals surface area contributed by atoms with Crippen LogP contribution in [0.15, 0.2) is 71.6 Å². The van der Waals surface area contributed by atoms with Gasteiger partial charge in [-0.2, -0.15) is 0 Å². The fraction of sp³-hybridized carbons (Fsp3) is 0.174. The number of carbonyl (C=O) groups is 1. The SMILES string of the molecule is COc1cccc(O[C@H](C)C(=O)Nc2ccc(S(=O)(=O)Nc3cc(Cl)ccc3C)cc2)c1. The van der Waals surface area contributed by atoms with Gasteiger partial charge in [0.15, 0.2) is 6.10 Å². The summed E-state index contributed by atoms with van der Waals surface area (Å²) in [6.45, 7) is 3.40. The van der Waals surface area contributed by atoms with Gasteiger partial charge in [0, 0.05) is 16.8 Å². The van der Waals surface area contributed by atoms with Crippen LogP contribution in [0.2, 0.25) is 5.02 Å². The molecule has 168 valence electrons. The van der Waals surface area contributed by atoms with E-state index in [1.165, 1.54) is 24.3 Å². The Kier molecular flexibility index (Phi) is 7.27. The molecular formula is C23H23ClN2O5S. The van der Waals surface area contributed by atoms with Crippen molar-refractivity contribution in [3.05, 3.63) is 77.3 Å². The summed E-state index contributed by atoms with van der Waals surface area (Å²) in [5.74, 6) is 0.736. The highest BCUT2D eigenvalue weighted by molar-refractivity contribution is 7.92. The van der Waals surface area contributed by atoms with Crippen molar-refractivity contribution in [2.45, 2.75) is 24.8 Å². The number of hydrogen-bond donors (Lipinski definition) is 2. The molecule has 3 rings (SSSR count). The number of aryl methyl sites for hydroxylation is 1. The molecule has 0 radical (unpaired) electrons. The molecule has 2 N–H and O–H groups in total. The molecule has 32 heavy (non-hydrogen) atoms. The zero-order chi connectivity index (χ0) is 23.3. The Hall–Kier alpha value is -3.23. The van der Waals surface area contributed by atoms with Crippen molar-refractivity contribution in [3.63, 3.8) is 0 Å². The van der Waals surface area contributed by atoms with E-state index in [9.17, 15) is 13.2 Å². The van der Waals surface area contributed by atoms with Gasteiger partial charge in [0.1, 0.15) is 11.5 Å². The van der Waals surface area contributed by atoms with E-state index in [1.807, 2.05) is 0 Å². The maximum absolute atomic E-state index is 12.7. The fourth-order valence-corrected chi connectivity index (χ4v) is 4.10. The van der Waals surface area contributed by atoms with E-state index < -0.39 is 16.1 Å². The number of anilines is 2. The van der Waals surface area contributed by atoms with Gasteiger partial charge < -0.3 is 14.8 Å². The van der Waals surface area contributed by atoms with Crippen LogP contribution in [0.25, 0.3) is 0 Å². The van der Waals surface area contributed by atoms with Gasteiger partial charge in [-0.3, -0.25) is 9.52 Å². The fourth-order valence-electron chi connectivity index (χ4n) is 2.80. The van der Waals surface area contributed by atoms with Gasteiger partial charge in [-0.1, -0.05) is 23.7 Å². The second-order valence-corrected chi connectivity index (χ2v) is 9.14. The van der Waals surface area contributed by atoms with Crippen LogP contribution >= 0.6 is 11.6 Å². The first-order valence-corrected chi connectivity index (χ1v) is 11.5. The molecule has 3 aromatic rings. The maximum atomic E-state index is 12.7. The van der Waals surface area contributed by atoms with E-state index >= 15 is 0 Å². The van der Waals surface area contributed by atoms with E-state index in [-0.39, 0.29) is 10.8 Å². The predicted molar refractivity (Wildman–Crippen MR) is 125 cm³/mol. The summed E-state index contributed by atoms with van der Waals surface area (Å²) in [5, 5.41) is 3.14. The summed E-state index contributed by atoms with van der Waals surface area (Å²) < 4.78 is 38.7. The topological polar surface area (TPSA) is 93.7 Å². The molecule has 0 aromatic heterocycles. The Bertz CT molecular complexity index is 1210. The Morgan fingerprint density at radius 3 is 2.38 bits per heavy atom. The van der Waals surface area contributed by atoms with Crippen molar-refractivity contribution in [1.29, 1.82) is 0 Å². The molecule has 0 bridgehead atoms. The van der Waals surface area contributed by atoms with Crippen molar-refractivity contribution < 1.29 is 22.7 Å². The van der Waals surface area contributed by atoms with Crippen molar-refractivity contribution in [1.82, 2.24) is 0 Å². The molecule has 0 fully saturated rings. The van der Waals surface area contributed by atoms with Crippen LogP contribution < -0.4 is 19.5 Å². The Balaban J connectivity index is 1.65. The largest absolute Gasteiger partial charge is 0.497 e. The Morgan fingerprint density at radius 1 is 1.00 bits per heavy atom. The summed E-state index contributed by atoms with van der Waals surface area (Å²) in [4.78, 5) is 12.5. The minimum absolute atomic E-state index is 0.0514. The minimum Gasteiger partial charge on any atom is -0.497 e. The average Bonchev–Trinajstić information content (AvgIpc) is 2.76. The van der Waals surface area contributed by atoms with Crippen molar-refractivity contribution in [2.24, 2.45) is 0 Å². The van der Waals surface area contributed by atoms with Crippen molar-refractivity contribution in [3.8, 4) is 11.5 Å². The van der Waals surface area contributed by atoms with Crippen LogP contribution in [0.5, 0.6) is 11.5 Å². The number of ether oxygens (including phenoxy) is 2. The molecule has 9 heteroatoms. The third-order valence-electron chi connectivity index (χ3n) is 4.60. The van der Waals surface area contributed by atoms with Crippen molar-refractivity contribution in [2.75, 3.05) is 17.1 Å². The van der Waals surface area contributed by atoms with Gasteiger partial charge in [0.25, 0.3) is 15.9 Å². The van der Waals surface area contributed by atoms with Gasteiger partial charge in [-0.25, -0.2) is 8.42 Å². The zero-order valence-electron chi connectivity index (χ0n) is 17.8. The van der Waals surface area contributed by atoms with Gasteiger partial charge in [0.05, 0.1) is 17.7 Å². The highest BCUT2D eigenvalue weighted by atomic mass is 35.5. The molecule has 7 nitrogen and oxygen atoms in total. The lowest BCUT2D eigenvalue weighted by atomic mass is 10.2. The second kappa shape index (κ2) is 9.93. The molecule has 1 atom stereocenters. The molecule has 1 amide bonds. The standard InChI is InChI=1S/C23H23ClN2O5S/c1-15-7-8-17(24)13-22(15)26-32(28,29)21-11-9-18(10-12-21)25-23(27)16(2)31-20-6-4-5-19(14-20)30-3/h4-14,16,26H,1-3H3,(H,25,27)/t16-/m1/s1. The van der Waals surface area contributed by atoms with E-state index in [2.05, 4.69) is 10.0 Å². The minimum atomic E-state index is -3.82. The van der Waals surface area contributed by atoms with Gasteiger partial charge in [-0.05, 0) is 67.9 Å². The Labute approximate surface area is 192 Å². The summed E-state index contributed by atoms with van der Waals surface area (Å²) >= 11 is 5.96. The normalized spacial score (nSPS) is 12.0. The van der Waals surface area contributed by atoms with Crippen LogP contribution in [0.1, 0.15) is 12.5 Å². The van der Waals surface area contributed by atoms with Gasteiger partial charge in [0.2, 0.25) is 0 Å². The summed E-state index contributed by atoms with van der Waals surface area (Å²) in [6, 6.07) is 17.7. The van der Waals surface area contributed by atoms with Crippen molar-refractivity contribution >= 4 is 38.9 Å². The van der Waals surface area contributed by atoms with E-state index in [1.54, 1.807) is 63.4 Å². The first kappa shape index (κ1) is 23.4. The summed E-state index contributed by atoms with van der Waals surface area (Å²) in [5.41, 5.74) is 1.58. The predicted octanol–water partition coefficient (Wildman–Crippen LogP) is 4.86. The van der Waals surface area contributed by atoms with Crippen LogP contribution in [0.3, 0.4) is 0 Å². The number of hydrogen-bond acceptors (Lipinski definition) is 5. The average molecular weight is 475 g/mol. The highest BCUT2D eigenvalue weighted by Crippen LogP contribution is 2.24. The van der Waals surface area contributed by atoms with Crippen LogP contribution in [0.4, 0.5) is 11.4 Å². The number of rotatable bonds is 8. The summed E-state index contributed by atoms with van der Waals surface area (Å²) in [6.07, 6.45) is -0.780. The highest BCUT2D eigenvalue weighted by Gasteiger charge is 2.18. The molecule has 0 unspecified atom stereocenters. The first-order valence-electron chi connectivity index (χ1n) is 9.68. The van der Waals surface area contributed by atoms with E-state index in [0.29, 0.717) is 27.9 Å². The lowest BCUT2D eigenvalue weighted by Gasteiger charge is -2.15. The van der Waals surface area contributed by atoms with Crippen LogP contribution in [-0.2, 0) is 14.8 Å². The van der Waals surface area contributed by atoms with Crippen LogP contribution in [-0.4, -0.2) is 27.5 Å². The maximum Gasteiger partial charge on any atom is 0.265 e. The number of methoxy groups -OCH3 is 1. The molecule has 0 saturated heterocycles. The number of sulfonamides is 1. The first-order chi connectivity index (χ1) is 15.2. The molecule has 0 aliphatic heterocycles. The zero-order valence-corrected chi connectivity index (χ0v) is 19.3. The third kappa shape index (κ3) is 5.93. The molecule has 0 heterocycles.